The molecule has 5 nitrogen and oxygen atoms in total. The molecular weight excluding hydrogens is 196 g/mol. The fourth-order valence-corrected chi connectivity index (χ4v) is 1.49. The zero-order valence-electron chi connectivity index (χ0n) is 8.75. The first-order valence-electron chi connectivity index (χ1n) is 4.93. The summed E-state index contributed by atoms with van der Waals surface area (Å²) in [5.41, 5.74) is 0. The van der Waals surface area contributed by atoms with E-state index < -0.39 is 12.5 Å². The number of hydrogen-bond acceptors (Lipinski definition) is 5. The molecule has 15 heavy (non-hydrogen) atoms. The first kappa shape index (κ1) is 12.4. The molecule has 1 rings (SSSR count). The van der Waals surface area contributed by atoms with Crippen LogP contribution in [-0.4, -0.2) is 54.0 Å². The van der Waals surface area contributed by atoms with E-state index in [0.717, 1.165) is 0 Å². The minimum Gasteiger partial charge on any atom is -0.378 e. The SMILES string of the molecule is C=CC(O)[N+](C(O)C=C)N1CCOCC1. The van der Waals surface area contributed by atoms with Crippen molar-refractivity contribution < 1.29 is 14.9 Å². The van der Waals surface area contributed by atoms with Gasteiger partial charge in [0.2, 0.25) is 0 Å². The van der Waals surface area contributed by atoms with E-state index in [1.807, 2.05) is 5.01 Å². The van der Waals surface area contributed by atoms with Gasteiger partial charge in [0.15, 0.2) is 0 Å². The van der Waals surface area contributed by atoms with Crippen LogP contribution in [0.2, 0.25) is 0 Å². The van der Waals surface area contributed by atoms with Crippen molar-refractivity contribution in [1.82, 2.24) is 10.0 Å². The lowest BCUT2D eigenvalue weighted by molar-refractivity contribution is -0.137. The highest BCUT2D eigenvalue weighted by molar-refractivity contribution is 4.90. The Labute approximate surface area is 89.8 Å². The van der Waals surface area contributed by atoms with Gasteiger partial charge in [-0.05, 0) is 5.01 Å². The zero-order valence-corrected chi connectivity index (χ0v) is 8.75. The van der Waals surface area contributed by atoms with E-state index in [0.29, 0.717) is 26.3 Å². The Morgan fingerprint density at radius 1 is 1.13 bits per heavy atom. The fraction of sp³-hybridized carbons (Fsp3) is 0.600. The molecule has 2 N–H and O–H groups in total. The molecular formula is C10H18N2O3+. The number of aliphatic hydroxyl groups excluding tert-OH is 2. The Morgan fingerprint density at radius 3 is 2.00 bits per heavy atom. The van der Waals surface area contributed by atoms with E-state index in [4.69, 9.17) is 4.74 Å². The summed E-state index contributed by atoms with van der Waals surface area (Å²) in [7, 11) is 0. The number of ether oxygens (including phenoxy) is 1. The highest BCUT2D eigenvalue weighted by atomic mass is 16.5. The van der Waals surface area contributed by atoms with E-state index in [-0.39, 0.29) is 0 Å². The third-order valence-corrected chi connectivity index (χ3v) is 2.28. The van der Waals surface area contributed by atoms with Gasteiger partial charge in [0.25, 0.3) is 12.5 Å². The molecule has 0 bridgehead atoms. The van der Waals surface area contributed by atoms with Gasteiger partial charge in [-0.2, -0.15) is 0 Å². The van der Waals surface area contributed by atoms with Gasteiger partial charge >= 0.3 is 0 Å². The van der Waals surface area contributed by atoms with Crippen molar-refractivity contribution in [3.63, 3.8) is 0 Å². The summed E-state index contributed by atoms with van der Waals surface area (Å²) in [6, 6.07) is 0. The number of hydrazine groups is 1. The number of aliphatic hydroxyl groups is 2. The largest absolute Gasteiger partial charge is 0.378 e. The van der Waals surface area contributed by atoms with Crippen molar-refractivity contribution in [3.8, 4) is 0 Å². The Morgan fingerprint density at radius 2 is 1.60 bits per heavy atom. The van der Waals surface area contributed by atoms with Crippen molar-refractivity contribution in [2.24, 2.45) is 0 Å². The average Bonchev–Trinajstić information content (AvgIpc) is 2.30. The molecule has 2 unspecified atom stereocenters. The summed E-state index contributed by atoms with van der Waals surface area (Å²) in [4.78, 5) is 0. The summed E-state index contributed by atoms with van der Waals surface area (Å²) in [5.74, 6) is 0. The quantitative estimate of drug-likeness (QED) is 0.364. The predicted octanol–water partition coefficient (Wildman–Crippen LogP) is -0.618. The normalized spacial score (nSPS) is 22.3. The van der Waals surface area contributed by atoms with Crippen molar-refractivity contribution in [2.75, 3.05) is 26.3 Å². The summed E-state index contributed by atoms with van der Waals surface area (Å²) in [5, 5.41) is 22.6. The molecule has 0 saturated carbocycles. The second kappa shape index (κ2) is 5.99. The third-order valence-electron chi connectivity index (χ3n) is 2.28. The molecule has 2 atom stereocenters. The molecule has 1 aliphatic heterocycles. The van der Waals surface area contributed by atoms with Gasteiger partial charge in [-0.25, -0.2) is 0 Å². The molecule has 0 amide bonds. The lowest BCUT2D eigenvalue weighted by atomic mass is 10.4. The maximum atomic E-state index is 9.69. The van der Waals surface area contributed by atoms with Gasteiger partial charge < -0.3 is 14.9 Å². The summed E-state index contributed by atoms with van der Waals surface area (Å²) in [6.07, 6.45) is 0.886. The van der Waals surface area contributed by atoms with E-state index >= 15 is 0 Å². The summed E-state index contributed by atoms with van der Waals surface area (Å²) in [6.45, 7) is 9.44. The average molecular weight is 214 g/mol. The number of nitrogens with zero attached hydrogens (tertiary/aromatic N) is 2. The van der Waals surface area contributed by atoms with Crippen molar-refractivity contribution in [1.29, 1.82) is 0 Å². The monoisotopic (exact) mass is 214 g/mol. The Hall–Kier alpha value is -0.720. The van der Waals surface area contributed by atoms with E-state index in [1.54, 1.807) is 0 Å². The third kappa shape index (κ3) is 3.12. The van der Waals surface area contributed by atoms with E-state index in [9.17, 15) is 10.2 Å². The highest BCUT2D eigenvalue weighted by Gasteiger charge is 2.38. The van der Waals surface area contributed by atoms with Gasteiger partial charge in [-0.15, -0.1) is 0 Å². The van der Waals surface area contributed by atoms with Crippen LogP contribution in [0.5, 0.6) is 0 Å². The zero-order chi connectivity index (χ0) is 11.3. The number of rotatable bonds is 5. The van der Waals surface area contributed by atoms with Crippen LogP contribution in [-0.2, 0) is 4.74 Å². The summed E-state index contributed by atoms with van der Waals surface area (Å²) < 4.78 is 5.19. The van der Waals surface area contributed by atoms with E-state index in [2.05, 4.69) is 13.2 Å². The molecule has 1 aliphatic rings. The van der Waals surface area contributed by atoms with Crippen LogP contribution in [0.3, 0.4) is 0 Å². The second-order valence-electron chi connectivity index (χ2n) is 3.24. The fourth-order valence-electron chi connectivity index (χ4n) is 1.49. The van der Waals surface area contributed by atoms with Crippen molar-refractivity contribution >= 4 is 0 Å². The minimum absolute atomic E-state index is 0.588. The first-order valence-corrected chi connectivity index (χ1v) is 4.93. The topological polar surface area (TPSA) is 58.8 Å². The van der Waals surface area contributed by atoms with Gasteiger partial charge in [0, 0.05) is 12.2 Å². The standard InChI is InChI=1S/C10H18N2O3/c1-3-9(13)12(10(14)4-2)11-5-7-15-8-6-11/h3-4,9-10,13-14H,1-2,5-8H2/q+1. The van der Waals surface area contributed by atoms with Gasteiger partial charge in [-0.3, -0.25) is 0 Å². The van der Waals surface area contributed by atoms with Gasteiger partial charge in [0.05, 0.1) is 26.3 Å². The van der Waals surface area contributed by atoms with Crippen LogP contribution in [0.1, 0.15) is 0 Å². The maximum Gasteiger partial charge on any atom is 0.277 e. The van der Waals surface area contributed by atoms with E-state index in [1.165, 1.54) is 17.2 Å². The van der Waals surface area contributed by atoms with Crippen molar-refractivity contribution in [3.05, 3.63) is 25.3 Å². The first-order chi connectivity index (χ1) is 7.20. The number of morpholine rings is 1. The lowest BCUT2D eigenvalue weighted by Gasteiger charge is -2.30. The van der Waals surface area contributed by atoms with Crippen LogP contribution in [0.4, 0.5) is 0 Å². The van der Waals surface area contributed by atoms with Crippen LogP contribution in [0.25, 0.3) is 0 Å². The van der Waals surface area contributed by atoms with Crippen LogP contribution < -0.4 is 5.01 Å². The molecule has 0 aliphatic carbocycles. The maximum absolute atomic E-state index is 9.69. The molecule has 1 fully saturated rings. The summed E-state index contributed by atoms with van der Waals surface area (Å²) >= 11 is 0. The Balaban J connectivity index is 2.68. The highest BCUT2D eigenvalue weighted by Crippen LogP contribution is 2.08. The molecule has 1 radical (unpaired) electrons. The second-order valence-corrected chi connectivity index (χ2v) is 3.24. The van der Waals surface area contributed by atoms with Gasteiger partial charge in [-0.1, -0.05) is 18.2 Å². The van der Waals surface area contributed by atoms with Crippen LogP contribution in [0.15, 0.2) is 25.3 Å². The molecule has 1 heterocycles. The van der Waals surface area contributed by atoms with Crippen LogP contribution in [0, 0.1) is 0 Å². The lowest BCUT2D eigenvalue weighted by Crippen LogP contribution is -2.60. The molecule has 5 heteroatoms. The molecule has 1 saturated heterocycles. The Kier molecular flexibility index (Phi) is 4.93. The predicted molar refractivity (Wildman–Crippen MR) is 56.9 cm³/mol. The minimum atomic E-state index is -0.920. The van der Waals surface area contributed by atoms with Gasteiger partial charge in [0.1, 0.15) is 0 Å². The molecule has 0 aromatic carbocycles. The molecule has 0 aromatic heterocycles. The molecule has 0 spiro atoms. The van der Waals surface area contributed by atoms with Crippen molar-refractivity contribution in [2.45, 2.75) is 12.5 Å². The smallest absolute Gasteiger partial charge is 0.277 e. The Bertz CT molecular complexity index is 203. The molecule has 85 valence electrons. The molecule has 0 aromatic rings. The van der Waals surface area contributed by atoms with Crippen LogP contribution >= 0.6 is 0 Å². The number of hydrogen-bond donors (Lipinski definition) is 2.